The van der Waals surface area contributed by atoms with Gasteiger partial charge in [0.25, 0.3) is 5.91 Å². The molecule has 1 aliphatic carbocycles. The minimum absolute atomic E-state index is 0.119. The fourth-order valence-electron chi connectivity index (χ4n) is 3.57. The summed E-state index contributed by atoms with van der Waals surface area (Å²) in [6, 6.07) is 4.71. The van der Waals surface area contributed by atoms with Crippen LogP contribution >= 0.6 is 11.3 Å². The van der Waals surface area contributed by atoms with Gasteiger partial charge in [0.2, 0.25) is 11.8 Å². The van der Waals surface area contributed by atoms with Gasteiger partial charge in [-0.15, -0.1) is 24.5 Å². The number of ether oxygens (including phenoxy) is 1. The smallest absolute Gasteiger partial charge is 0.406 e. The van der Waals surface area contributed by atoms with E-state index in [0.29, 0.717) is 10.6 Å². The van der Waals surface area contributed by atoms with Crippen LogP contribution < -0.4 is 21.1 Å². The van der Waals surface area contributed by atoms with Crippen molar-refractivity contribution < 1.29 is 32.3 Å². The van der Waals surface area contributed by atoms with Crippen LogP contribution in [-0.2, 0) is 22.4 Å². The van der Waals surface area contributed by atoms with E-state index < -0.39 is 29.8 Å². The Labute approximate surface area is 191 Å². The first-order valence-corrected chi connectivity index (χ1v) is 10.9. The van der Waals surface area contributed by atoms with E-state index in [9.17, 15) is 27.6 Å². The van der Waals surface area contributed by atoms with Gasteiger partial charge in [0, 0.05) is 10.6 Å². The lowest BCUT2D eigenvalue weighted by Gasteiger charge is -2.16. The second-order valence-corrected chi connectivity index (χ2v) is 8.73. The highest BCUT2D eigenvalue weighted by atomic mass is 32.1. The maximum Gasteiger partial charge on any atom is 0.573 e. The lowest BCUT2D eigenvalue weighted by atomic mass is 9.95. The Morgan fingerprint density at radius 3 is 2.27 bits per heavy atom. The van der Waals surface area contributed by atoms with E-state index in [2.05, 4.69) is 15.4 Å². The highest BCUT2D eigenvalue weighted by Gasteiger charge is 2.31. The van der Waals surface area contributed by atoms with E-state index in [-0.39, 0.29) is 18.8 Å². The van der Waals surface area contributed by atoms with Gasteiger partial charge in [0.1, 0.15) is 10.8 Å². The van der Waals surface area contributed by atoms with Crippen molar-refractivity contribution in [3.8, 4) is 5.75 Å². The maximum absolute atomic E-state index is 12.5. The number of benzene rings is 1. The van der Waals surface area contributed by atoms with E-state index in [1.165, 1.54) is 28.4 Å². The summed E-state index contributed by atoms with van der Waals surface area (Å²) in [5.74, 6) is -1.84. The van der Waals surface area contributed by atoms with Gasteiger partial charge < -0.3 is 21.1 Å². The topological polar surface area (TPSA) is 114 Å². The minimum Gasteiger partial charge on any atom is -0.406 e. The van der Waals surface area contributed by atoms with E-state index in [1.807, 2.05) is 0 Å². The number of fused-ring (bicyclic) bond motifs is 1. The van der Waals surface area contributed by atoms with Gasteiger partial charge in [-0.2, -0.15) is 0 Å². The number of primary amides is 1. The second-order valence-electron chi connectivity index (χ2n) is 7.62. The molecule has 178 valence electrons. The number of aryl methyl sites for hydroxylation is 1. The molecule has 0 aliphatic heterocycles. The first kappa shape index (κ1) is 24.5. The van der Waals surface area contributed by atoms with E-state index >= 15 is 0 Å². The Morgan fingerprint density at radius 2 is 1.67 bits per heavy atom. The molecule has 2 aromatic rings. The SMILES string of the molecule is CN(CC(=O)Nc1ccc(OC(F)(F)F)cc1)CC(=O)Nc1sc2c(c1C(N)=O)CCCC2. The number of likely N-dealkylation sites (N-methyl/N-ethyl adjacent to an activating group) is 1. The predicted octanol–water partition coefficient (Wildman–Crippen LogP) is 3.13. The Hall–Kier alpha value is -3.12. The third kappa shape index (κ3) is 6.93. The summed E-state index contributed by atoms with van der Waals surface area (Å²) in [5.41, 5.74) is 7.08. The first-order valence-electron chi connectivity index (χ1n) is 10.1. The summed E-state index contributed by atoms with van der Waals surface area (Å²) in [6.45, 7) is -0.260. The van der Waals surface area contributed by atoms with Crippen LogP contribution in [0.25, 0.3) is 0 Å². The lowest BCUT2D eigenvalue weighted by Crippen LogP contribution is -2.36. The Morgan fingerprint density at radius 1 is 1.06 bits per heavy atom. The minimum atomic E-state index is -4.80. The van der Waals surface area contributed by atoms with Crippen LogP contribution in [0.2, 0.25) is 0 Å². The van der Waals surface area contributed by atoms with Gasteiger partial charge in [-0.25, -0.2) is 0 Å². The molecule has 0 saturated heterocycles. The zero-order valence-corrected chi connectivity index (χ0v) is 18.6. The number of hydrogen-bond acceptors (Lipinski definition) is 6. The molecule has 1 aliphatic rings. The molecule has 0 bridgehead atoms. The summed E-state index contributed by atoms with van der Waals surface area (Å²) in [5, 5.41) is 5.69. The standard InChI is InChI=1S/C21H23F3N4O4S/c1-28(10-16(29)26-12-6-8-13(9-7-12)32-21(22,23)24)11-17(30)27-20-18(19(25)31)14-4-2-3-5-15(14)33-20/h6-9H,2-5,10-11H2,1H3,(H2,25,31)(H,26,29)(H,27,30). The summed E-state index contributed by atoms with van der Waals surface area (Å²) in [6.07, 6.45) is -1.21. The van der Waals surface area contributed by atoms with Crippen molar-refractivity contribution in [2.24, 2.45) is 5.73 Å². The number of rotatable bonds is 8. The van der Waals surface area contributed by atoms with Crippen LogP contribution in [0.3, 0.4) is 0 Å². The molecule has 0 unspecified atom stereocenters. The summed E-state index contributed by atoms with van der Waals surface area (Å²) in [4.78, 5) is 39.1. The maximum atomic E-state index is 12.5. The number of halogens is 3. The zero-order valence-electron chi connectivity index (χ0n) is 17.8. The van der Waals surface area contributed by atoms with Gasteiger partial charge in [0.05, 0.1) is 18.7 Å². The van der Waals surface area contributed by atoms with Crippen molar-refractivity contribution in [2.45, 2.75) is 32.0 Å². The van der Waals surface area contributed by atoms with Crippen molar-refractivity contribution in [2.75, 3.05) is 30.8 Å². The molecule has 8 nitrogen and oxygen atoms in total. The van der Waals surface area contributed by atoms with Crippen LogP contribution in [0.15, 0.2) is 24.3 Å². The Kier molecular flexibility index (Phi) is 7.59. The van der Waals surface area contributed by atoms with Gasteiger partial charge in [0.15, 0.2) is 0 Å². The fraction of sp³-hybridized carbons (Fsp3) is 0.381. The fourth-order valence-corrected chi connectivity index (χ4v) is 4.88. The predicted molar refractivity (Wildman–Crippen MR) is 117 cm³/mol. The normalized spacial score (nSPS) is 13.4. The number of amides is 3. The van der Waals surface area contributed by atoms with Crippen LogP contribution in [0, 0.1) is 0 Å². The molecule has 0 atom stereocenters. The summed E-state index contributed by atoms with van der Waals surface area (Å²) in [7, 11) is 1.56. The number of thiophene rings is 1. The van der Waals surface area contributed by atoms with Crippen molar-refractivity contribution >= 4 is 39.7 Å². The number of nitrogens with two attached hydrogens (primary N) is 1. The van der Waals surface area contributed by atoms with E-state index in [0.717, 1.165) is 48.3 Å². The third-order valence-corrected chi connectivity index (χ3v) is 6.08. The number of nitrogens with zero attached hydrogens (tertiary/aromatic N) is 1. The summed E-state index contributed by atoms with van der Waals surface area (Å²) < 4.78 is 40.4. The third-order valence-electron chi connectivity index (χ3n) is 4.87. The number of alkyl halides is 3. The molecule has 0 saturated carbocycles. The van der Waals surface area contributed by atoms with Crippen molar-refractivity contribution in [1.82, 2.24) is 4.90 Å². The quantitative estimate of drug-likeness (QED) is 0.533. The van der Waals surface area contributed by atoms with Crippen LogP contribution in [-0.4, -0.2) is 49.1 Å². The van der Waals surface area contributed by atoms with Crippen molar-refractivity contribution in [3.63, 3.8) is 0 Å². The molecule has 3 amide bonds. The zero-order chi connectivity index (χ0) is 24.2. The highest BCUT2D eigenvalue weighted by molar-refractivity contribution is 7.17. The molecule has 0 spiro atoms. The van der Waals surface area contributed by atoms with Crippen molar-refractivity contribution in [1.29, 1.82) is 0 Å². The van der Waals surface area contributed by atoms with Crippen LogP contribution in [0.4, 0.5) is 23.9 Å². The van der Waals surface area contributed by atoms with Crippen LogP contribution in [0.1, 0.15) is 33.6 Å². The van der Waals surface area contributed by atoms with Gasteiger partial charge in [-0.3, -0.25) is 19.3 Å². The molecule has 1 aromatic carbocycles. The monoisotopic (exact) mass is 484 g/mol. The molecular weight excluding hydrogens is 461 g/mol. The number of carbonyl (C=O) groups is 3. The number of anilines is 2. The van der Waals surface area contributed by atoms with Gasteiger partial charge in [-0.1, -0.05) is 0 Å². The average molecular weight is 485 g/mol. The molecule has 1 aromatic heterocycles. The second kappa shape index (κ2) is 10.2. The molecular formula is C21H23F3N4O4S. The number of carbonyl (C=O) groups excluding carboxylic acids is 3. The average Bonchev–Trinajstić information content (AvgIpc) is 3.05. The molecule has 3 rings (SSSR count). The molecule has 0 fully saturated rings. The molecule has 1 heterocycles. The van der Waals surface area contributed by atoms with Gasteiger partial charge >= 0.3 is 6.36 Å². The molecule has 4 N–H and O–H groups in total. The van der Waals surface area contributed by atoms with Gasteiger partial charge in [-0.05, 0) is 62.6 Å². The molecule has 0 radical (unpaired) electrons. The first-order chi connectivity index (χ1) is 15.5. The lowest BCUT2D eigenvalue weighted by molar-refractivity contribution is -0.274. The Bertz CT molecular complexity index is 1040. The number of hydrogen-bond donors (Lipinski definition) is 3. The molecule has 12 heteroatoms. The summed E-state index contributed by atoms with van der Waals surface area (Å²) >= 11 is 1.35. The largest absolute Gasteiger partial charge is 0.573 e. The molecule has 33 heavy (non-hydrogen) atoms. The Balaban J connectivity index is 1.52. The number of nitrogens with one attached hydrogen (secondary N) is 2. The highest BCUT2D eigenvalue weighted by Crippen LogP contribution is 2.37. The van der Waals surface area contributed by atoms with Crippen molar-refractivity contribution in [3.05, 3.63) is 40.3 Å². The van der Waals surface area contributed by atoms with E-state index in [4.69, 9.17) is 5.73 Å². The van der Waals surface area contributed by atoms with Crippen LogP contribution in [0.5, 0.6) is 5.75 Å². The van der Waals surface area contributed by atoms with E-state index in [1.54, 1.807) is 7.05 Å².